The zero-order valence-electron chi connectivity index (χ0n) is 15.2. The lowest BCUT2D eigenvalue weighted by Gasteiger charge is -2.29. The van der Waals surface area contributed by atoms with Crippen molar-refractivity contribution in [1.82, 2.24) is 15.0 Å². The molecule has 2 heterocycles. The first-order valence-electron chi connectivity index (χ1n) is 9.57. The molecular formula is C20H29N3O2. The van der Waals surface area contributed by atoms with Crippen LogP contribution in [0.5, 0.6) is 0 Å². The fourth-order valence-electron chi connectivity index (χ4n) is 3.36. The predicted octanol–water partition coefficient (Wildman–Crippen LogP) is 3.95. The maximum Gasteiger partial charge on any atom is 0.227 e. The highest BCUT2D eigenvalue weighted by Crippen LogP contribution is 2.16. The van der Waals surface area contributed by atoms with Gasteiger partial charge in [0.2, 0.25) is 11.7 Å². The van der Waals surface area contributed by atoms with Gasteiger partial charge >= 0.3 is 0 Å². The second-order valence-electron chi connectivity index (χ2n) is 6.77. The molecule has 1 unspecified atom stereocenters. The summed E-state index contributed by atoms with van der Waals surface area (Å²) in [5.41, 5.74) is 1.000. The van der Waals surface area contributed by atoms with Crippen molar-refractivity contribution >= 4 is 0 Å². The van der Waals surface area contributed by atoms with Gasteiger partial charge < -0.3 is 14.2 Å². The smallest absolute Gasteiger partial charge is 0.227 e. The summed E-state index contributed by atoms with van der Waals surface area (Å²) in [7, 11) is 0. The largest absolute Gasteiger partial charge is 0.377 e. The van der Waals surface area contributed by atoms with Crippen molar-refractivity contribution in [3.05, 3.63) is 36.2 Å². The summed E-state index contributed by atoms with van der Waals surface area (Å²) in [6, 6.07) is 9.97. The Kier molecular flexibility index (Phi) is 7.00. The Bertz CT molecular complexity index is 608. The number of rotatable bonds is 9. The zero-order chi connectivity index (χ0) is 17.3. The van der Waals surface area contributed by atoms with Gasteiger partial charge in [0.1, 0.15) is 0 Å². The van der Waals surface area contributed by atoms with E-state index in [1.54, 1.807) is 0 Å². The molecule has 0 bridgehead atoms. The summed E-state index contributed by atoms with van der Waals surface area (Å²) in [5.74, 6) is 1.40. The van der Waals surface area contributed by atoms with Crippen LogP contribution in [-0.4, -0.2) is 47.4 Å². The quantitative estimate of drug-likeness (QED) is 0.690. The molecule has 1 aliphatic rings. The van der Waals surface area contributed by atoms with Crippen LogP contribution in [0.15, 0.2) is 34.9 Å². The van der Waals surface area contributed by atoms with E-state index in [4.69, 9.17) is 9.26 Å². The van der Waals surface area contributed by atoms with Crippen LogP contribution in [0.1, 0.15) is 44.9 Å². The molecule has 136 valence electrons. The molecule has 1 saturated heterocycles. The molecule has 0 N–H and O–H groups in total. The molecule has 5 nitrogen and oxygen atoms in total. The normalized spacial score (nSPS) is 17.9. The molecule has 1 aromatic carbocycles. The topological polar surface area (TPSA) is 51.4 Å². The van der Waals surface area contributed by atoms with Crippen LogP contribution in [0.4, 0.5) is 0 Å². The third-order valence-electron chi connectivity index (χ3n) is 4.64. The van der Waals surface area contributed by atoms with Gasteiger partial charge in [-0.2, -0.15) is 4.98 Å². The summed E-state index contributed by atoms with van der Waals surface area (Å²) in [5, 5.41) is 4.09. The number of hydrogen-bond donors (Lipinski definition) is 0. The minimum absolute atomic E-state index is 0.411. The van der Waals surface area contributed by atoms with Crippen molar-refractivity contribution < 1.29 is 9.26 Å². The average Bonchev–Trinajstić information content (AvgIpc) is 3.12. The van der Waals surface area contributed by atoms with Gasteiger partial charge in [-0.3, -0.25) is 0 Å². The van der Waals surface area contributed by atoms with E-state index in [1.807, 2.05) is 30.3 Å². The molecule has 5 heteroatoms. The van der Waals surface area contributed by atoms with Crippen molar-refractivity contribution in [2.75, 3.05) is 26.2 Å². The van der Waals surface area contributed by atoms with Gasteiger partial charge in [-0.05, 0) is 45.2 Å². The fourth-order valence-corrected chi connectivity index (χ4v) is 3.36. The van der Waals surface area contributed by atoms with Crippen LogP contribution < -0.4 is 0 Å². The monoisotopic (exact) mass is 343 g/mol. The maximum absolute atomic E-state index is 5.89. The van der Waals surface area contributed by atoms with Gasteiger partial charge in [0.05, 0.1) is 6.10 Å². The van der Waals surface area contributed by atoms with E-state index in [1.165, 1.54) is 25.7 Å². The van der Waals surface area contributed by atoms with Gasteiger partial charge in [-0.1, -0.05) is 42.4 Å². The van der Waals surface area contributed by atoms with Crippen LogP contribution in [0.2, 0.25) is 0 Å². The Morgan fingerprint density at radius 1 is 1.16 bits per heavy atom. The molecule has 0 spiro atoms. The predicted molar refractivity (Wildman–Crippen MR) is 98.4 cm³/mol. The summed E-state index contributed by atoms with van der Waals surface area (Å²) in [6.45, 7) is 6.39. The Labute approximate surface area is 150 Å². The highest BCUT2D eigenvalue weighted by Gasteiger charge is 2.17. The van der Waals surface area contributed by atoms with Crippen LogP contribution in [0.3, 0.4) is 0 Å². The summed E-state index contributed by atoms with van der Waals surface area (Å²) in [4.78, 5) is 7.04. The number of benzene rings is 1. The lowest BCUT2D eigenvalue weighted by Crippen LogP contribution is -2.37. The van der Waals surface area contributed by atoms with E-state index < -0.39 is 0 Å². The van der Waals surface area contributed by atoms with Crippen LogP contribution in [0.25, 0.3) is 11.4 Å². The lowest BCUT2D eigenvalue weighted by atomic mass is 10.1. The Morgan fingerprint density at radius 3 is 2.80 bits per heavy atom. The van der Waals surface area contributed by atoms with Gasteiger partial charge in [0.15, 0.2) is 0 Å². The van der Waals surface area contributed by atoms with Crippen LogP contribution >= 0.6 is 0 Å². The van der Waals surface area contributed by atoms with Gasteiger partial charge in [0.25, 0.3) is 0 Å². The maximum atomic E-state index is 5.89. The van der Waals surface area contributed by atoms with E-state index in [9.17, 15) is 0 Å². The van der Waals surface area contributed by atoms with Crippen molar-refractivity contribution in [2.24, 2.45) is 0 Å². The summed E-state index contributed by atoms with van der Waals surface area (Å²) >= 11 is 0. The molecule has 1 aliphatic heterocycles. The minimum atomic E-state index is 0.411. The molecular weight excluding hydrogens is 314 g/mol. The second kappa shape index (κ2) is 9.68. The van der Waals surface area contributed by atoms with Crippen LogP contribution in [0, 0.1) is 0 Å². The molecule has 1 atom stereocenters. The number of hydrogen-bond acceptors (Lipinski definition) is 5. The zero-order valence-corrected chi connectivity index (χ0v) is 15.2. The minimum Gasteiger partial charge on any atom is -0.377 e. The van der Waals surface area contributed by atoms with E-state index in [-0.39, 0.29) is 0 Å². The van der Waals surface area contributed by atoms with Crippen molar-refractivity contribution in [3.8, 4) is 11.4 Å². The standard InChI is InChI=1S/C20H29N3O2/c1-2-13-23(16-18-11-6-7-15-24-18)14-8-12-19-21-20(22-25-19)17-9-4-3-5-10-17/h3-5,9-10,18H,2,6-8,11-16H2,1H3. The van der Waals surface area contributed by atoms with E-state index in [0.717, 1.165) is 50.5 Å². The SMILES string of the molecule is CCCN(CCCc1nc(-c2ccccc2)no1)CC1CCCCO1. The molecule has 25 heavy (non-hydrogen) atoms. The van der Waals surface area contributed by atoms with Gasteiger partial charge in [-0.15, -0.1) is 0 Å². The molecule has 0 amide bonds. The Balaban J connectivity index is 1.46. The van der Waals surface area contributed by atoms with Gasteiger partial charge in [0, 0.05) is 25.1 Å². The molecule has 0 radical (unpaired) electrons. The molecule has 2 aromatic rings. The average molecular weight is 343 g/mol. The first-order chi connectivity index (χ1) is 12.3. The van der Waals surface area contributed by atoms with Crippen molar-refractivity contribution in [2.45, 2.75) is 51.6 Å². The van der Waals surface area contributed by atoms with Crippen molar-refractivity contribution in [3.63, 3.8) is 0 Å². The van der Waals surface area contributed by atoms with E-state index >= 15 is 0 Å². The number of nitrogens with zero attached hydrogens (tertiary/aromatic N) is 3. The molecule has 0 saturated carbocycles. The summed E-state index contributed by atoms with van der Waals surface area (Å²) in [6.07, 6.45) is 7.15. The third kappa shape index (κ3) is 5.65. The number of ether oxygens (including phenoxy) is 1. The number of aromatic nitrogens is 2. The van der Waals surface area contributed by atoms with Gasteiger partial charge in [-0.25, -0.2) is 0 Å². The highest BCUT2D eigenvalue weighted by molar-refractivity contribution is 5.53. The van der Waals surface area contributed by atoms with E-state index in [2.05, 4.69) is 22.0 Å². The van der Waals surface area contributed by atoms with E-state index in [0.29, 0.717) is 11.9 Å². The third-order valence-corrected chi connectivity index (χ3v) is 4.64. The van der Waals surface area contributed by atoms with Crippen molar-refractivity contribution in [1.29, 1.82) is 0 Å². The first kappa shape index (κ1) is 18.1. The molecule has 1 fully saturated rings. The molecule has 1 aromatic heterocycles. The molecule has 3 rings (SSSR count). The number of aryl methyl sites for hydroxylation is 1. The second-order valence-corrected chi connectivity index (χ2v) is 6.77. The summed E-state index contributed by atoms with van der Waals surface area (Å²) < 4.78 is 11.3. The Hall–Kier alpha value is -1.72. The first-order valence-corrected chi connectivity index (χ1v) is 9.57. The lowest BCUT2D eigenvalue weighted by molar-refractivity contribution is -0.00588. The van der Waals surface area contributed by atoms with Crippen LogP contribution in [-0.2, 0) is 11.2 Å². The fraction of sp³-hybridized carbons (Fsp3) is 0.600. The Morgan fingerprint density at radius 2 is 2.04 bits per heavy atom. The molecule has 0 aliphatic carbocycles. The highest BCUT2D eigenvalue weighted by atomic mass is 16.5.